The van der Waals surface area contributed by atoms with Gasteiger partial charge in [0.1, 0.15) is 0 Å². The van der Waals surface area contributed by atoms with Gasteiger partial charge in [0.2, 0.25) is 0 Å². The van der Waals surface area contributed by atoms with Crippen LogP contribution in [0.15, 0.2) is 0 Å². The fourth-order valence-corrected chi connectivity index (χ4v) is 3.93. The molecule has 1 spiro atoms. The van der Waals surface area contributed by atoms with Crippen LogP contribution in [0.3, 0.4) is 0 Å². The van der Waals surface area contributed by atoms with E-state index in [4.69, 9.17) is 9.47 Å². The molecule has 98 valence electrons. The van der Waals surface area contributed by atoms with Gasteiger partial charge in [0, 0.05) is 25.7 Å². The lowest BCUT2D eigenvalue weighted by Gasteiger charge is -2.42. The lowest BCUT2D eigenvalue weighted by Crippen LogP contribution is -2.45. The molecule has 1 N–H and O–H groups in total. The predicted molar refractivity (Wildman–Crippen MR) is 67.0 cm³/mol. The molecule has 0 bridgehead atoms. The second-order valence-corrected chi connectivity index (χ2v) is 6.23. The minimum absolute atomic E-state index is 0.0943. The van der Waals surface area contributed by atoms with Crippen LogP contribution < -0.4 is 5.32 Å². The summed E-state index contributed by atoms with van der Waals surface area (Å²) in [7, 11) is 0. The Morgan fingerprint density at radius 1 is 1.18 bits per heavy atom. The van der Waals surface area contributed by atoms with E-state index in [2.05, 4.69) is 12.2 Å². The van der Waals surface area contributed by atoms with Crippen LogP contribution in [-0.2, 0) is 9.47 Å². The van der Waals surface area contributed by atoms with E-state index in [1.165, 1.54) is 32.2 Å². The van der Waals surface area contributed by atoms with Gasteiger partial charge in [-0.25, -0.2) is 0 Å². The van der Waals surface area contributed by atoms with Gasteiger partial charge in [-0.2, -0.15) is 0 Å². The summed E-state index contributed by atoms with van der Waals surface area (Å²) in [6, 6.07) is 0.701. The number of ether oxygens (including phenoxy) is 2. The van der Waals surface area contributed by atoms with Gasteiger partial charge in [-0.15, -0.1) is 0 Å². The first-order valence-corrected chi connectivity index (χ1v) is 7.22. The smallest absolute Gasteiger partial charge is 0.0939 e. The SMILES string of the molecule is CC1CC(C2CCOC3(CCOC3)C2)CCN1. The summed E-state index contributed by atoms with van der Waals surface area (Å²) in [5.74, 6) is 1.78. The third-order valence-electron chi connectivity index (χ3n) is 4.93. The molecule has 17 heavy (non-hydrogen) atoms. The third kappa shape index (κ3) is 2.51. The van der Waals surface area contributed by atoms with Gasteiger partial charge in [0.05, 0.1) is 12.2 Å². The summed E-state index contributed by atoms with van der Waals surface area (Å²) in [5.41, 5.74) is 0.0943. The molecule has 0 saturated carbocycles. The zero-order chi connectivity index (χ0) is 11.7. The van der Waals surface area contributed by atoms with Crippen molar-refractivity contribution < 1.29 is 9.47 Å². The molecule has 3 aliphatic heterocycles. The Kier molecular flexibility index (Phi) is 3.42. The maximum Gasteiger partial charge on any atom is 0.0939 e. The van der Waals surface area contributed by atoms with Crippen LogP contribution in [0.25, 0.3) is 0 Å². The highest BCUT2D eigenvalue weighted by Crippen LogP contribution is 2.41. The fourth-order valence-electron chi connectivity index (χ4n) is 3.93. The molecular formula is C14H25NO2. The molecule has 0 aromatic carbocycles. The van der Waals surface area contributed by atoms with Gasteiger partial charge in [0.15, 0.2) is 0 Å². The van der Waals surface area contributed by atoms with Crippen molar-refractivity contribution >= 4 is 0 Å². The van der Waals surface area contributed by atoms with Crippen LogP contribution in [0.2, 0.25) is 0 Å². The highest BCUT2D eigenvalue weighted by atomic mass is 16.6. The normalized spacial score (nSPS) is 47.5. The van der Waals surface area contributed by atoms with Crippen molar-refractivity contribution in [1.82, 2.24) is 5.32 Å². The summed E-state index contributed by atoms with van der Waals surface area (Å²) in [4.78, 5) is 0. The standard InChI is InChI=1S/C14H25NO2/c1-11-8-12(2-5-15-11)13-3-6-17-14(9-13)4-7-16-10-14/h11-13,15H,2-10H2,1H3. The van der Waals surface area contributed by atoms with Crippen molar-refractivity contribution in [1.29, 1.82) is 0 Å². The first-order valence-electron chi connectivity index (χ1n) is 7.22. The average Bonchev–Trinajstić information content (AvgIpc) is 2.77. The molecule has 3 nitrogen and oxygen atoms in total. The van der Waals surface area contributed by atoms with E-state index in [9.17, 15) is 0 Å². The van der Waals surface area contributed by atoms with Gasteiger partial charge < -0.3 is 14.8 Å². The molecule has 0 radical (unpaired) electrons. The number of hydrogen-bond acceptors (Lipinski definition) is 3. The van der Waals surface area contributed by atoms with Crippen LogP contribution in [0.1, 0.15) is 39.0 Å². The summed E-state index contributed by atoms with van der Waals surface area (Å²) in [6.07, 6.45) is 6.32. The van der Waals surface area contributed by atoms with Crippen LogP contribution >= 0.6 is 0 Å². The molecule has 3 heterocycles. The van der Waals surface area contributed by atoms with Crippen LogP contribution in [-0.4, -0.2) is 38.0 Å². The molecule has 3 aliphatic rings. The van der Waals surface area contributed by atoms with E-state index >= 15 is 0 Å². The number of piperidine rings is 1. The Balaban J connectivity index is 1.62. The zero-order valence-electron chi connectivity index (χ0n) is 10.9. The predicted octanol–water partition coefficient (Wildman–Crippen LogP) is 1.96. The van der Waals surface area contributed by atoms with Crippen molar-refractivity contribution in [2.45, 2.75) is 50.7 Å². The Hall–Kier alpha value is -0.120. The number of nitrogens with one attached hydrogen (secondary N) is 1. The Labute approximate surface area is 104 Å². The number of hydrogen-bond donors (Lipinski definition) is 1. The highest BCUT2D eigenvalue weighted by molar-refractivity contribution is 4.93. The van der Waals surface area contributed by atoms with E-state index in [1.54, 1.807) is 0 Å². The molecular weight excluding hydrogens is 214 g/mol. The van der Waals surface area contributed by atoms with E-state index < -0.39 is 0 Å². The summed E-state index contributed by atoms with van der Waals surface area (Å²) >= 11 is 0. The Bertz CT molecular complexity index is 263. The highest BCUT2D eigenvalue weighted by Gasteiger charge is 2.43. The van der Waals surface area contributed by atoms with E-state index in [0.29, 0.717) is 6.04 Å². The molecule has 0 aliphatic carbocycles. The quantitative estimate of drug-likeness (QED) is 0.759. The van der Waals surface area contributed by atoms with Gasteiger partial charge in [-0.1, -0.05) is 0 Å². The molecule has 3 heteroatoms. The van der Waals surface area contributed by atoms with Crippen LogP contribution in [0.5, 0.6) is 0 Å². The second kappa shape index (κ2) is 4.87. The number of rotatable bonds is 1. The average molecular weight is 239 g/mol. The lowest BCUT2D eigenvalue weighted by molar-refractivity contribution is -0.109. The Morgan fingerprint density at radius 3 is 2.88 bits per heavy atom. The minimum Gasteiger partial charge on any atom is -0.378 e. The van der Waals surface area contributed by atoms with E-state index in [0.717, 1.165) is 38.1 Å². The summed E-state index contributed by atoms with van der Waals surface area (Å²) in [5, 5.41) is 3.56. The largest absolute Gasteiger partial charge is 0.378 e. The summed E-state index contributed by atoms with van der Waals surface area (Å²) in [6.45, 7) is 6.21. The summed E-state index contributed by atoms with van der Waals surface area (Å²) < 4.78 is 11.6. The first kappa shape index (κ1) is 11.9. The third-order valence-corrected chi connectivity index (χ3v) is 4.93. The zero-order valence-corrected chi connectivity index (χ0v) is 10.9. The monoisotopic (exact) mass is 239 g/mol. The van der Waals surface area contributed by atoms with Gasteiger partial charge in [0.25, 0.3) is 0 Å². The van der Waals surface area contributed by atoms with Crippen LogP contribution in [0, 0.1) is 11.8 Å². The molecule has 0 amide bonds. The van der Waals surface area contributed by atoms with E-state index in [-0.39, 0.29) is 5.60 Å². The van der Waals surface area contributed by atoms with Gasteiger partial charge in [-0.3, -0.25) is 0 Å². The molecule has 0 aromatic heterocycles. The van der Waals surface area contributed by atoms with Gasteiger partial charge in [-0.05, 0) is 51.0 Å². The van der Waals surface area contributed by atoms with E-state index in [1.807, 2.05) is 0 Å². The second-order valence-electron chi connectivity index (χ2n) is 6.23. The minimum atomic E-state index is 0.0943. The van der Waals surface area contributed by atoms with Crippen molar-refractivity contribution in [3.05, 3.63) is 0 Å². The maximum absolute atomic E-state index is 6.03. The molecule has 4 unspecified atom stereocenters. The molecule has 4 atom stereocenters. The van der Waals surface area contributed by atoms with Crippen molar-refractivity contribution in [3.63, 3.8) is 0 Å². The molecule has 0 aromatic rings. The molecule has 3 fully saturated rings. The maximum atomic E-state index is 6.03. The lowest BCUT2D eigenvalue weighted by atomic mass is 9.73. The van der Waals surface area contributed by atoms with Gasteiger partial charge >= 0.3 is 0 Å². The van der Waals surface area contributed by atoms with Crippen molar-refractivity contribution in [2.75, 3.05) is 26.4 Å². The van der Waals surface area contributed by atoms with Crippen molar-refractivity contribution in [3.8, 4) is 0 Å². The molecule has 3 rings (SSSR count). The topological polar surface area (TPSA) is 30.5 Å². The van der Waals surface area contributed by atoms with Crippen molar-refractivity contribution in [2.24, 2.45) is 11.8 Å². The van der Waals surface area contributed by atoms with Crippen LogP contribution in [0.4, 0.5) is 0 Å². The fraction of sp³-hybridized carbons (Fsp3) is 1.00. The molecule has 3 saturated heterocycles. The first-order chi connectivity index (χ1) is 8.27. The Morgan fingerprint density at radius 2 is 2.12 bits per heavy atom.